The van der Waals surface area contributed by atoms with E-state index >= 15 is 0 Å². The second kappa shape index (κ2) is 5.90. The molecule has 0 fully saturated rings. The molecule has 1 aliphatic heterocycles. The van der Waals surface area contributed by atoms with Crippen LogP contribution >= 0.6 is 0 Å². The van der Waals surface area contributed by atoms with Gasteiger partial charge in [0.15, 0.2) is 11.6 Å². The third-order valence-corrected chi connectivity index (χ3v) is 4.80. The molecule has 0 aliphatic carbocycles. The molecule has 0 N–H and O–H groups in total. The minimum Gasteiger partial charge on any atom is -0.425 e. The summed E-state index contributed by atoms with van der Waals surface area (Å²) in [5.74, 6) is -1.08. The molecule has 0 saturated heterocycles. The van der Waals surface area contributed by atoms with Crippen molar-refractivity contribution in [3.8, 4) is 28.0 Å². The first-order valence-corrected chi connectivity index (χ1v) is 8.51. The molecule has 1 heterocycles. The highest BCUT2D eigenvalue weighted by molar-refractivity contribution is 5.80. The van der Waals surface area contributed by atoms with E-state index in [0.29, 0.717) is 28.7 Å². The lowest BCUT2D eigenvalue weighted by molar-refractivity contribution is -0.188. The van der Waals surface area contributed by atoms with Crippen LogP contribution in [0.2, 0.25) is 0 Å². The third-order valence-electron chi connectivity index (χ3n) is 4.80. The van der Waals surface area contributed by atoms with E-state index in [1.54, 1.807) is 31.2 Å². The van der Waals surface area contributed by atoms with Gasteiger partial charge in [0.1, 0.15) is 0 Å². The van der Waals surface area contributed by atoms with E-state index in [-0.39, 0.29) is 11.3 Å². The highest BCUT2D eigenvalue weighted by atomic mass is 19.3. The summed E-state index contributed by atoms with van der Waals surface area (Å²) in [7, 11) is 0. The highest BCUT2D eigenvalue weighted by Crippen LogP contribution is 2.49. The monoisotopic (exact) mass is 354 g/mol. The van der Waals surface area contributed by atoms with E-state index in [9.17, 15) is 13.2 Å². The van der Waals surface area contributed by atoms with Gasteiger partial charge in [-0.05, 0) is 41.7 Å². The summed E-state index contributed by atoms with van der Waals surface area (Å²) in [6, 6.07) is 15.7. The van der Waals surface area contributed by atoms with Gasteiger partial charge in [-0.3, -0.25) is 0 Å². The molecule has 132 valence electrons. The van der Waals surface area contributed by atoms with E-state index < -0.39 is 11.9 Å². The predicted molar refractivity (Wildman–Crippen MR) is 95.9 cm³/mol. The number of hydrogen-bond donors (Lipinski definition) is 0. The first-order chi connectivity index (χ1) is 12.4. The smallest absolute Gasteiger partial charge is 0.425 e. The van der Waals surface area contributed by atoms with E-state index in [2.05, 4.69) is 0 Å². The van der Waals surface area contributed by atoms with Crippen LogP contribution in [0.25, 0.3) is 22.3 Å². The van der Waals surface area contributed by atoms with Crippen molar-refractivity contribution in [1.82, 2.24) is 0 Å². The van der Waals surface area contributed by atoms with Crippen molar-refractivity contribution >= 4 is 0 Å². The van der Waals surface area contributed by atoms with Crippen LogP contribution in [0, 0.1) is 12.7 Å². The number of aryl methyl sites for hydroxylation is 2. The first-order valence-electron chi connectivity index (χ1n) is 8.51. The fourth-order valence-electron chi connectivity index (χ4n) is 3.31. The van der Waals surface area contributed by atoms with Gasteiger partial charge in [0.25, 0.3) is 0 Å². The molecule has 1 aliphatic rings. The zero-order valence-electron chi connectivity index (χ0n) is 14.4. The van der Waals surface area contributed by atoms with E-state index in [1.165, 1.54) is 6.07 Å². The fourth-order valence-corrected chi connectivity index (χ4v) is 3.31. The van der Waals surface area contributed by atoms with Crippen molar-refractivity contribution < 1.29 is 17.9 Å². The summed E-state index contributed by atoms with van der Waals surface area (Å²) >= 11 is 0. The minimum atomic E-state index is -3.59. The van der Waals surface area contributed by atoms with Crippen molar-refractivity contribution in [3.05, 3.63) is 77.1 Å². The maximum absolute atomic E-state index is 14.7. The minimum absolute atomic E-state index is 0.244. The molecule has 1 nitrogen and oxygen atoms in total. The summed E-state index contributed by atoms with van der Waals surface area (Å²) in [6.45, 7) is 3.74. The van der Waals surface area contributed by atoms with Crippen LogP contribution in [0.15, 0.2) is 54.6 Å². The average Bonchev–Trinajstić information content (AvgIpc) is 2.63. The Balaban J connectivity index is 1.90. The normalized spacial score (nSPS) is 14.3. The summed E-state index contributed by atoms with van der Waals surface area (Å²) in [6.07, 6.45) is -3.18. The van der Waals surface area contributed by atoms with Crippen LogP contribution in [-0.4, -0.2) is 0 Å². The van der Waals surface area contributed by atoms with Gasteiger partial charge >= 0.3 is 6.11 Å². The lowest BCUT2D eigenvalue weighted by atomic mass is 9.91. The lowest BCUT2D eigenvalue weighted by Gasteiger charge is -2.29. The van der Waals surface area contributed by atoms with Crippen molar-refractivity contribution in [3.63, 3.8) is 0 Å². The highest BCUT2D eigenvalue weighted by Gasteiger charge is 2.43. The van der Waals surface area contributed by atoms with E-state index in [1.807, 2.05) is 31.2 Å². The molecule has 26 heavy (non-hydrogen) atoms. The van der Waals surface area contributed by atoms with Crippen molar-refractivity contribution in [1.29, 1.82) is 0 Å². The quantitative estimate of drug-likeness (QED) is 0.512. The Morgan fingerprint density at radius 1 is 0.885 bits per heavy atom. The Kier molecular flexibility index (Phi) is 3.79. The molecular weight excluding hydrogens is 337 g/mol. The van der Waals surface area contributed by atoms with Crippen LogP contribution in [0.3, 0.4) is 0 Å². The molecule has 3 aromatic rings. The molecule has 0 aromatic heterocycles. The zero-order chi connectivity index (χ0) is 18.5. The second-order valence-electron chi connectivity index (χ2n) is 6.51. The summed E-state index contributed by atoms with van der Waals surface area (Å²) in [5, 5.41) is 0. The molecule has 0 unspecified atom stereocenters. The van der Waals surface area contributed by atoms with Crippen LogP contribution in [0.4, 0.5) is 13.2 Å². The van der Waals surface area contributed by atoms with Gasteiger partial charge in [-0.2, -0.15) is 8.78 Å². The number of rotatable bonds is 2. The summed E-state index contributed by atoms with van der Waals surface area (Å²) in [5.41, 5.74) is 3.38. The standard InChI is InChI=1S/C22H17F3O/c1-3-14-8-11-18-17-10-9-16(15-6-4-13(2)5-7-15)12-19(17)22(24,25)26-21(18)20(14)23/h4-12H,3H2,1-2H3. The fraction of sp³-hybridized carbons (Fsp3) is 0.182. The van der Waals surface area contributed by atoms with Gasteiger partial charge < -0.3 is 4.74 Å². The van der Waals surface area contributed by atoms with Crippen LogP contribution in [0.5, 0.6) is 5.75 Å². The Hall–Kier alpha value is -2.75. The summed E-state index contributed by atoms with van der Waals surface area (Å²) < 4.78 is 48.7. The molecular formula is C22H17F3O. The van der Waals surface area contributed by atoms with Gasteiger partial charge in [-0.25, -0.2) is 4.39 Å². The molecule has 0 saturated carbocycles. The topological polar surface area (TPSA) is 9.23 Å². The second-order valence-corrected chi connectivity index (χ2v) is 6.51. The van der Waals surface area contributed by atoms with Crippen LogP contribution < -0.4 is 4.74 Å². The Bertz CT molecular complexity index is 991. The first kappa shape index (κ1) is 16.7. The molecule has 0 atom stereocenters. The zero-order valence-corrected chi connectivity index (χ0v) is 14.4. The van der Waals surface area contributed by atoms with Crippen molar-refractivity contribution in [2.24, 2.45) is 0 Å². The van der Waals surface area contributed by atoms with Gasteiger partial charge in [0.05, 0.1) is 5.56 Å². The lowest BCUT2D eigenvalue weighted by Crippen LogP contribution is -2.27. The third kappa shape index (κ3) is 2.57. The molecule has 0 amide bonds. The van der Waals surface area contributed by atoms with E-state index in [4.69, 9.17) is 4.74 Å². The van der Waals surface area contributed by atoms with Gasteiger partial charge in [-0.15, -0.1) is 0 Å². The Morgan fingerprint density at radius 2 is 1.54 bits per heavy atom. The van der Waals surface area contributed by atoms with Gasteiger partial charge in [0.2, 0.25) is 0 Å². The summed E-state index contributed by atoms with van der Waals surface area (Å²) in [4.78, 5) is 0. The molecule has 3 aromatic carbocycles. The molecule has 0 radical (unpaired) electrons. The number of hydrogen-bond acceptors (Lipinski definition) is 1. The Labute approximate surface area is 150 Å². The van der Waals surface area contributed by atoms with Crippen molar-refractivity contribution in [2.75, 3.05) is 0 Å². The largest absolute Gasteiger partial charge is 0.427 e. The van der Waals surface area contributed by atoms with Crippen molar-refractivity contribution in [2.45, 2.75) is 26.4 Å². The number of ether oxygens (including phenoxy) is 1. The Morgan fingerprint density at radius 3 is 2.23 bits per heavy atom. The van der Waals surface area contributed by atoms with Crippen LogP contribution in [-0.2, 0) is 12.5 Å². The predicted octanol–water partition coefficient (Wildman–Crippen LogP) is 6.47. The number of alkyl halides is 2. The maximum Gasteiger partial charge on any atom is 0.427 e. The SMILES string of the molecule is CCc1ccc2c(c1F)OC(F)(F)c1cc(-c3ccc(C)cc3)ccc1-2. The van der Waals surface area contributed by atoms with Crippen LogP contribution in [0.1, 0.15) is 23.6 Å². The average molecular weight is 354 g/mol. The number of benzene rings is 3. The van der Waals surface area contributed by atoms with Gasteiger partial charge in [-0.1, -0.05) is 61.0 Å². The van der Waals surface area contributed by atoms with Gasteiger partial charge in [0, 0.05) is 5.56 Å². The maximum atomic E-state index is 14.7. The molecule has 4 rings (SSSR count). The number of halogens is 3. The van der Waals surface area contributed by atoms with E-state index in [0.717, 1.165) is 11.1 Å². The molecule has 0 spiro atoms. The molecule has 0 bridgehead atoms. The number of fused-ring (bicyclic) bond motifs is 3. The molecule has 4 heteroatoms.